The van der Waals surface area contributed by atoms with Crippen molar-refractivity contribution in [2.75, 3.05) is 6.54 Å². The molecule has 0 fully saturated rings. The molecule has 6 nitrogen and oxygen atoms in total. The standard InChI is InChI=1S/C26H25N3O3S/c1-17-24(15-28-25(31)10-9-22-4-3-13-33-22)23-11-12-29(16-21(23)14-27-17)26(32)20-7-5-19(6-8-20)18(2)30/h3-10,13-14H,11-12,15-16H2,1-2H3,(H,28,31)/b10-9+. The largest absolute Gasteiger partial charge is 0.348 e. The van der Waals surface area contributed by atoms with Crippen LogP contribution in [-0.2, 0) is 24.3 Å². The number of rotatable bonds is 6. The van der Waals surface area contributed by atoms with E-state index in [0.717, 1.165) is 27.3 Å². The first-order chi connectivity index (χ1) is 15.9. The number of hydrogen-bond donors (Lipinski definition) is 1. The monoisotopic (exact) mass is 459 g/mol. The van der Waals surface area contributed by atoms with Crippen molar-refractivity contribution in [1.82, 2.24) is 15.2 Å². The average Bonchev–Trinajstić information content (AvgIpc) is 3.35. The molecule has 0 saturated carbocycles. The van der Waals surface area contributed by atoms with Crippen molar-refractivity contribution in [2.45, 2.75) is 33.4 Å². The number of Topliss-reactive ketones (excluding diaryl/α,β-unsaturated/α-hetero) is 1. The summed E-state index contributed by atoms with van der Waals surface area (Å²) in [6, 6.07) is 10.7. The van der Waals surface area contributed by atoms with E-state index in [0.29, 0.717) is 37.2 Å². The predicted octanol–water partition coefficient (Wildman–Crippen LogP) is 4.18. The second-order valence-electron chi connectivity index (χ2n) is 8.00. The third-order valence-corrected chi connectivity index (χ3v) is 6.64. The van der Waals surface area contributed by atoms with E-state index >= 15 is 0 Å². The molecule has 33 heavy (non-hydrogen) atoms. The van der Waals surface area contributed by atoms with Gasteiger partial charge in [0, 0.05) is 53.6 Å². The molecule has 0 aliphatic carbocycles. The average molecular weight is 460 g/mol. The highest BCUT2D eigenvalue weighted by Crippen LogP contribution is 2.25. The van der Waals surface area contributed by atoms with E-state index in [-0.39, 0.29) is 17.6 Å². The van der Waals surface area contributed by atoms with Crippen LogP contribution in [0.5, 0.6) is 0 Å². The van der Waals surface area contributed by atoms with E-state index in [1.807, 2.05) is 30.6 Å². The highest BCUT2D eigenvalue weighted by Gasteiger charge is 2.25. The minimum absolute atomic E-state index is 0.0241. The van der Waals surface area contributed by atoms with Crippen LogP contribution in [0.3, 0.4) is 0 Å². The number of ketones is 1. The van der Waals surface area contributed by atoms with Gasteiger partial charge in [0.15, 0.2) is 5.78 Å². The highest BCUT2D eigenvalue weighted by molar-refractivity contribution is 7.10. The SMILES string of the molecule is CC(=O)c1ccc(C(=O)N2CCc3c(cnc(C)c3CNC(=O)/C=C/c3cccs3)C2)cc1. The summed E-state index contributed by atoms with van der Waals surface area (Å²) < 4.78 is 0. The van der Waals surface area contributed by atoms with Crippen molar-refractivity contribution in [1.29, 1.82) is 0 Å². The van der Waals surface area contributed by atoms with Crippen LogP contribution < -0.4 is 5.32 Å². The molecule has 7 heteroatoms. The third-order valence-electron chi connectivity index (χ3n) is 5.80. The van der Waals surface area contributed by atoms with Crippen molar-refractivity contribution in [3.05, 3.63) is 92.4 Å². The van der Waals surface area contributed by atoms with E-state index in [9.17, 15) is 14.4 Å². The number of nitrogens with one attached hydrogen (secondary N) is 1. The quantitative estimate of drug-likeness (QED) is 0.443. The van der Waals surface area contributed by atoms with E-state index in [1.54, 1.807) is 52.7 Å². The summed E-state index contributed by atoms with van der Waals surface area (Å²) in [7, 11) is 0. The fourth-order valence-electron chi connectivity index (χ4n) is 3.94. The lowest BCUT2D eigenvalue weighted by atomic mass is 9.94. The van der Waals surface area contributed by atoms with Crippen LogP contribution in [0.25, 0.3) is 6.08 Å². The Labute approximate surface area is 197 Å². The molecule has 2 amide bonds. The summed E-state index contributed by atoms with van der Waals surface area (Å²) in [6.07, 6.45) is 5.87. The number of hydrogen-bond acceptors (Lipinski definition) is 5. The molecule has 1 aliphatic rings. The van der Waals surface area contributed by atoms with Gasteiger partial charge in [-0.25, -0.2) is 0 Å². The number of thiophene rings is 1. The lowest BCUT2D eigenvalue weighted by molar-refractivity contribution is -0.116. The fraction of sp³-hybridized carbons (Fsp3) is 0.231. The maximum absolute atomic E-state index is 13.0. The zero-order valence-corrected chi connectivity index (χ0v) is 19.4. The molecule has 0 bridgehead atoms. The van der Waals surface area contributed by atoms with Crippen LogP contribution in [0.15, 0.2) is 54.1 Å². The molecule has 0 radical (unpaired) electrons. The van der Waals surface area contributed by atoms with Crippen molar-refractivity contribution in [3.8, 4) is 0 Å². The molecule has 0 atom stereocenters. The summed E-state index contributed by atoms with van der Waals surface area (Å²) in [5.74, 6) is -0.240. The molecular formula is C26H25N3O3S. The van der Waals surface area contributed by atoms with Gasteiger partial charge in [-0.3, -0.25) is 19.4 Å². The van der Waals surface area contributed by atoms with E-state index in [1.165, 1.54) is 6.92 Å². The predicted molar refractivity (Wildman–Crippen MR) is 129 cm³/mol. The Balaban J connectivity index is 1.44. The van der Waals surface area contributed by atoms with E-state index in [4.69, 9.17) is 0 Å². The fourth-order valence-corrected chi connectivity index (χ4v) is 4.56. The van der Waals surface area contributed by atoms with Crippen molar-refractivity contribution in [3.63, 3.8) is 0 Å². The topological polar surface area (TPSA) is 79.4 Å². The summed E-state index contributed by atoms with van der Waals surface area (Å²) in [5.41, 5.74) is 5.21. The number of carbonyl (C=O) groups is 3. The normalized spacial score (nSPS) is 13.1. The van der Waals surface area contributed by atoms with Crippen LogP contribution >= 0.6 is 11.3 Å². The molecule has 2 aromatic heterocycles. The molecule has 0 unspecified atom stereocenters. The lowest BCUT2D eigenvalue weighted by Gasteiger charge is -2.30. The van der Waals surface area contributed by atoms with Gasteiger partial charge in [-0.2, -0.15) is 0 Å². The van der Waals surface area contributed by atoms with Crippen molar-refractivity contribution in [2.24, 2.45) is 0 Å². The molecule has 3 aromatic rings. The number of aryl methyl sites for hydroxylation is 1. The summed E-state index contributed by atoms with van der Waals surface area (Å²) >= 11 is 1.58. The summed E-state index contributed by atoms with van der Waals surface area (Å²) in [6.45, 7) is 4.90. The number of carbonyl (C=O) groups excluding carboxylic acids is 3. The summed E-state index contributed by atoms with van der Waals surface area (Å²) in [4.78, 5) is 44.1. The molecule has 0 spiro atoms. The first-order valence-corrected chi connectivity index (χ1v) is 11.7. The number of pyridine rings is 1. The van der Waals surface area contributed by atoms with Crippen LogP contribution in [0.2, 0.25) is 0 Å². The second-order valence-corrected chi connectivity index (χ2v) is 8.98. The number of nitrogens with zero attached hydrogens (tertiary/aromatic N) is 2. The lowest BCUT2D eigenvalue weighted by Crippen LogP contribution is -2.37. The highest BCUT2D eigenvalue weighted by atomic mass is 32.1. The van der Waals surface area contributed by atoms with Crippen LogP contribution in [0.4, 0.5) is 0 Å². The van der Waals surface area contributed by atoms with Gasteiger partial charge in [0.1, 0.15) is 0 Å². The van der Waals surface area contributed by atoms with Gasteiger partial charge in [-0.1, -0.05) is 18.2 Å². The number of aromatic nitrogens is 1. The number of benzene rings is 1. The molecule has 1 aliphatic heterocycles. The number of fused-ring (bicyclic) bond motifs is 1. The first-order valence-electron chi connectivity index (χ1n) is 10.8. The second kappa shape index (κ2) is 9.92. The Bertz CT molecular complexity index is 1210. The third kappa shape index (κ3) is 5.26. The van der Waals surface area contributed by atoms with Gasteiger partial charge < -0.3 is 10.2 Å². The minimum Gasteiger partial charge on any atom is -0.348 e. The Morgan fingerprint density at radius 1 is 1.15 bits per heavy atom. The molecule has 168 valence electrons. The van der Waals surface area contributed by atoms with E-state index in [2.05, 4.69) is 10.3 Å². The molecule has 3 heterocycles. The molecule has 4 rings (SSSR count). The number of amides is 2. The Hall–Kier alpha value is -3.58. The minimum atomic E-state index is -0.151. The van der Waals surface area contributed by atoms with Crippen molar-refractivity contribution < 1.29 is 14.4 Å². The molecule has 1 aromatic carbocycles. The van der Waals surface area contributed by atoms with Gasteiger partial charge in [0.2, 0.25) is 5.91 Å². The van der Waals surface area contributed by atoms with Crippen LogP contribution in [0, 0.1) is 6.92 Å². The van der Waals surface area contributed by atoms with Gasteiger partial charge in [-0.05, 0) is 66.6 Å². The zero-order valence-electron chi connectivity index (χ0n) is 18.6. The maximum Gasteiger partial charge on any atom is 0.254 e. The summed E-state index contributed by atoms with van der Waals surface area (Å²) in [5, 5.41) is 4.93. The smallest absolute Gasteiger partial charge is 0.254 e. The Morgan fingerprint density at radius 2 is 1.91 bits per heavy atom. The van der Waals surface area contributed by atoms with Gasteiger partial charge in [-0.15, -0.1) is 11.3 Å². The van der Waals surface area contributed by atoms with Crippen molar-refractivity contribution >= 4 is 35.0 Å². The van der Waals surface area contributed by atoms with Gasteiger partial charge in [0.25, 0.3) is 5.91 Å². The van der Waals surface area contributed by atoms with Crippen LogP contribution in [0.1, 0.15) is 54.9 Å². The van der Waals surface area contributed by atoms with Gasteiger partial charge >= 0.3 is 0 Å². The van der Waals surface area contributed by atoms with Crippen LogP contribution in [-0.4, -0.2) is 34.0 Å². The molecule has 1 N–H and O–H groups in total. The Kier molecular flexibility index (Phi) is 6.79. The maximum atomic E-state index is 13.0. The first kappa shape index (κ1) is 22.6. The molecule has 0 saturated heterocycles. The van der Waals surface area contributed by atoms with Gasteiger partial charge in [0.05, 0.1) is 0 Å². The molecular weight excluding hydrogens is 434 g/mol. The van der Waals surface area contributed by atoms with E-state index < -0.39 is 0 Å². The zero-order chi connectivity index (χ0) is 23.4. The Morgan fingerprint density at radius 3 is 2.61 bits per heavy atom.